The van der Waals surface area contributed by atoms with E-state index in [1.807, 2.05) is 20.8 Å². The quantitative estimate of drug-likeness (QED) is 0.684. The van der Waals surface area contributed by atoms with Crippen LogP contribution in [0, 0.1) is 0 Å². The summed E-state index contributed by atoms with van der Waals surface area (Å²) < 4.78 is 10.6. The third-order valence-electron chi connectivity index (χ3n) is 3.62. The number of ether oxygens (including phenoxy) is 2. The van der Waals surface area contributed by atoms with Crippen LogP contribution < -0.4 is 5.32 Å². The van der Waals surface area contributed by atoms with Crippen molar-refractivity contribution < 1.29 is 14.3 Å². The number of nitrogens with one attached hydrogen (secondary N) is 1. The second-order valence-corrected chi connectivity index (χ2v) is 5.71. The number of esters is 1. The number of likely N-dealkylation sites (tertiary alicyclic amines) is 1. The van der Waals surface area contributed by atoms with Crippen molar-refractivity contribution in [2.75, 3.05) is 33.4 Å². The first-order chi connectivity index (χ1) is 9.56. The lowest BCUT2D eigenvalue weighted by Gasteiger charge is -2.33. The summed E-state index contributed by atoms with van der Waals surface area (Å²) in [6.07, 6.45) is 3.45. The first kappa shape index (κ1) is 17.4. The Hall–Kier alpha value is -0.650. The molecule has 0 amide bonds. The predicted molar refractivity (Wildman–Crippen MR) is 79.8 cm³/mol. The largest absolute Gasteiger partial charge is 0.468 e. The van der Waals surface area contributed by atoms with Gasteiger partial charge in [0.05, 0.1) is 13.2 Å². The molecule has 0 spiro atoms. The lowest BCUT2D eigenvalue weighted by Crippen LogP contribution is -2.46. The summed E-state index contributed by atoms with van der Waals surface area (Å²) >= 11 is 0. The van der Waals surface area contributed by atoms with Gasteiger partial charge in [0, 0.05) is 25.7 Å². The SMILES string of the molecule is CCOC1CCCN(CCC(NC(C)C)C(=O)OC)C1. The fraction of sp³-hybridized carbons (Fsp3) is 0.933. The van der Waals surface area contributed by atoms with E-state index < -0.39 is 0 Å². The third kappa shape index (κ3) is 6.20. The Morgan fingerprint density at radius 1 is 1.45 bits per heavy atom. The average Bonchev–Trinajstić information content (AvgIpc) is 2.43. The maximum atomic E-state index is 11.8. The monoisotopic (exact) mass is 286 g/mol. The van der Waals surface area contributed by atoms with Crippen molar-refractivity contribution >= 4 is 5.97 Å². The zero-order valence-electron chi connectivity index (χ0n) is 13.4. The molecule has 1 rings (SSSR count). The molecule has 0 aromatic carbocycles. The van der Waals surface area contributed by atoms with E-state index in [2.05, 4.69) is 10.2 Å². The summed E-state index contributed by atoms with van der Waals surface area (Å²) in [5.74, 6) is -0.169. The fourth-order valence-corrected chi connectivity index (χ4v) is 2.71. The van der Waals surface area contributed by atoms with E-state index in [1.165, 1.54) is 13.5 Å². The summed E-state index contributed by atoms with van der Waals surface area (Å²) in [6, 6.07) is 0.0594. The summed E-state index contributed by atoms with van der Waals surface area (Å²) in [5.41, 5.74) is 0. The highest BCUT2D eigenvalue weighted by atomic mass is 16.5. The predicted octanol–water partition coefficient (Wildman–Crippen LogP) is 1.42. The van der Waals surface area contributed by atoms with Crippen molar-refractivity contribution in [3.63, 3.8) is 0 Å². The molecule has 2 atom stereocenters. The van der Waals surface area contributed by atoms with Crippen LogP contribution in [0.15, 0.2) is 0 Å². The van der Waals surface area contributed by atoms with E-state index in [0.29, 0.717) is 6.10 Å². The van der Waals surface area contributed by atoms with E-state index in [1.54, 1.807) is 0 Å². The minimum Gasteiger partial charge on any atom is -0.468 e. The summed E-state index contributed by atoms with van der Waals surface area (Å²) in [7, 11) is 1.45. The number of carbonyl (C=O) groups excluding carboxylic acids is 1. The van der Waals surface area contributed by atoms with Crippen LogP contribution >= 0.6 is 0 Å². The molecule has 5 heteroatoms. The molecule has 0 aliphatic carbocycles. The van der Waals surface area contributed by atoms with Crippen LogP contribution in [0.3, 0.4) is 0 Å². The van der Waals surface area contributed by atoms with Crippen molar-refractivity contribution in [2.24, 2.45) is 0 Å². The molecule has 1 aliphatic heterocycles. The van der Waals surface area contributed by atoms with Gasteiger partial charge in [0.15, 0.2) is 0 Å². The van der Waals surface area contributed by atoms with Crippen LogP contribution in [0.25, 0.3) is 0 Å². The van der Waals surface area contributed by atoms with Gasteiger partial charge in [0.1, 0.15) is 6.04 Å². The Morgan fingerprint density at radius 2 is 2.20 bits per heavy atom. The van der Waals surface area contributed by atoms with Gasteiger partial charge in [-0.3, -0.25) is 4.79 Å². The molecular formula is C15H30N2O3. The highest BCUT2D eigenvalue weighted by Crippen LogP contribution is 2.14. The molecule has 1 aliphatic rings. The van der Waals surface area contributed by atoms with Crippen LogP contribution in [0.5, 0.6) is 0 Å². The van der Waals surface area contributed by atoms with Crippen LogP contribution in [0.1, 0.15) is 40.0 Å². The van der Waals surface area contributed by atoms with E-state index in [-0.39, 0.29) is 18.1 Å². The van der Waals surface area contributed by atoms with Gasteiger partial charge in [0.2, 0.25) is 0 Å². The van der Waals surface area contributed by atoms with Crippen molar-refractivity contribution in [1.82, 2.24) is 10.2 Å². The molecule has 2 unspecified atom stereocenters. The number of rotatable bonds is 8. The number of nitrogens with zero attached hydrogens (tertiary/aromatic N) is 1. The average molecular weight is 286 g/mol. The lowest BCUT2D eigenvalue weighted by atomic mass is 10.1. The molecule has 1 fully saturated rings. The second kappa shape index (κ2) is 9.32. The maximum Gasteiger partial charge on any atom is 0.322 e. The van der Waals surface area contributed by atoms with Crippen LogP contribution in [0.4, 0.5) is 0 Å². The zero-order valence-corrected chi connectivity index (χ0v) is 13.4. The molecule has 0 aromatic heterocycles. The van der Waals surface area contributed by atoms with Gasteiger partial charge in [-0.15, -0.1) is 0 Å². The minimum absolute atomic E-state index is 0.169. The molecule has 5 nitrogen and oxygen atoms in total. The molecule has 20 heavy (non-hydrogen) atoms. The number of carbonyl (C=O) groups is 1. The number of hydrogen-bond donors (Lipinski definition) is 1. The summed E-state index contributed by atoms with van der Waals surface area (Å²) in [5, 5.41) is 3.27. The number of hydrogen-bond acceptors (Lipinski definition) is 5. The molecular weight excluding hydrogens is 256 g/mol. The maximum absolute atomic E-state index is 11.8. The molecule has 1 saturated heterocycles. The first-order valence-corrected chi connectivity index (χ1v) is 7.74. The van der Waals surface area contributed by atoms with E-state index in [0.717, 1.165) is 39.1 Å². The van der Waals surface area contributed by atoms with Crippen molar-refractivity contribution in [2.45, 2.75) is 58.2 Å². The minimum atomic E-state index is -0.215. The van der Waals surface area contributed by atoms with Crippen molar-refractivity contribution in [1.29, 1.82) is 0 Å². The molecule has 118 valence electrons. The molecule has 0 aromatic rings. The van der Waals surface area contributed by atoms with Crippen LogP contribution in [-0.4, -0.2) is 62.4 Å². The van der Waals surface area contributed by atoms with Gasteiger partial charge < -0.3 is 19.7 Å². The highest BCUT2D eigenvalue weighted by molar-refractivity contribution is 5.75. The van der Waals surface area contributed by atoms with E-state index in [9.17, 15) is 4.79 Å². The molecule has 1 heterocycles. The number of piperidine rings is 1. The van der Waals surface area contributed by atoms with Crippen molar-refractivity contribution in [3.05, 3.63) is 0 Å². The number of methoxy groups -OCH3 is 1. The van der Waals surface area contributed by atoms with Gasteiger partial charge in [-0.05, 0) is 32.7 Å². The molecule has 0 radical (unpaired) electrons. The Bertz CT molecular complexity index is 282. The Morgan fingerprint density at radius 3 is 2.80 bits per heavy atom. The summed E-state index contributed by atoms with van der Waals surface area (Å²) in [4.78, 5) is 14.1. The third-order valence-corrected chi connectivity index (χ3v) is 3.62. The first-order valence-electron chi connectivity index (χ1n) is 7.74. The normalized spacial score (nSPS) is 21.9. The van der Waals surface area contributed by atoms with Crippen molar-refractivity contribution in [3.8, 4) is 0 Å². The molecule has 1 N–H and O–H groups in total. The molecule has 0 bridgehead atoms. The van der Waals surface area contributed by atoms with Crippen LogP contribution in [0.2, 0.25) is 0 Å². The van der Waals surface area contributed by atoms with E-state index >= 15 is 0 Å². The lowest BCUT2D eigenvalue weighted by molar-refractivity contribution is -0.143. The van der Waals surface area contributed by atoms with E-state index in [4.69, 9.17) is 9.47 Å². The fourth-order valence-electron chi connectivity index (χ4n) is 2.71. The Balaban J connectivity index is 2.39. The highest BCUT2D eigenvalue weighted by Gasteiger charge is 2.24. The Kier molecular flexibility index (Phi) is 8.11. The smallest absolute Gasteiger partial charge is 0.322 e. The molecule has 0 saturated carbocycles. The zero-order chi connectivity index (χ0) is 15.0. The van der Waals surface area contributed by atoms with Gasteiger partial charge in [-0.2, -0.15) is 0 Å². The van der Waals surface area contributed by atoms with Gasteiger partial charge >= 0.3 is 5.97 Å². The van der Waals surface area contributed by atoms with Gasteiger partial charge in [0.25, 0.3) is 0 Å². The topological polar surface area (TPSA) is 50.8 Å². The Labute approximate surface area is 123 Å². The standard InChI is InChI=1S/C15H30N2O3/c1-5-20-13-7-6-9-17(11-13)10-8-14(15(18)19-4)16-12(2)3/h12-14,16H,5-11H2,1-4H3. The second-order valence-electron chi connectivity index (χ2n) is 5.71. The van der Waals surface area contributed by atoms with Gasteiger partial charge in [-0.1, -0.05) is 13.8 Å². The van der Waals surface area contributed by atoms with Gasteiger partial charge in [-0.25, -0.2) is 0 Å². The summed E-state index contributed by atoms with van der Waals surface area (Å²) in [6.45, 7) is 9.88. The van der Waals surface area contributed by atoms with Crippen LogP contribution in [-0.2, 0) is 14.3 Å².